The molecule has 4 heteroatoms. The molecular formula is C13H19FN2O. The third-order valence-corrected chi connectivity index (χ3v) is 3.21. The molecule has 0 heterocycles. The second-order valence-corrected chi connectivity index (χ2v) is 4.45. The van der Waals surface area contributed by atoms with E-state index in [-0.39, 0.29) is 11.7 Å². The van der Waals surface area contributed by atoms with E-state index in [0.717, 1.165) is 0 Å². The summed E-state index contributed by atoms with van der Waals surface area (Å²) < 4.78 is 13.6. The van der Waals surface area contributed by atoms with E-state index in [9.17, 15) is 9.18 Å². The van der Waals surface area contributed by atoms with Gasteiger partial charge in [0.2, 0.25) is 5.91 Å². The Morgan fingerprint density at radius 2 is 2.06 bits per heavy atom. The van der Waals surface area contributed by atoms with Gasteiger partial charge in [0.15, 0.2) is 0 Å². The van der Waals surface area contributed by atoms with E-state index < -0.39 is 11.4 Å². The quantitative estimate of drug-likeness (QED) is 0.828. The van der Waals surface area contributed by atoms with Gasteiger partial charge in [0.1, 0.15) is 11.4 Å². The van der Waals surface area contributed by atoms with Crippen LogP contribution in [0.4, 0.5) is 10.1 Å². The maximum Gasteiger partial charge on any atom is 0.243 e. The first kappa shape index (κ1) is 13.5. The first-order chi connectivity index (χ1) is 7.94. The van der Waals surface area contributed by atoms with Crippen molar-refractivity contribution in [2.75, 3.05) is 5.32 Å². The first-order valence-corrected chi connectivity index (χ1v) is 5.76. The van der Waals surface area contributed by atoms with Gasteiger partial charge >= 0.3 is 0 Å². The number of nitrogens with two attached hydrogens (primary N) is 1. The summed E-state index contributed by atoms with van der Waals surface area (Å²) in [5, 5.41) is 2.96. The SMILES string of the molecule is CCC(Nc1ccccc1F)(C(N)=O)C(C)C. The number of amides is 1. The standard InChI is InChI=1S/C13H19FN2O/c1-4-13(9(2)3,12(15)17)16-11-8-6-5-7-10(11)14/h5-9,16H,4H2,1-3H3,(H2,15,17). The van der Waals surface area contributed by atoms with Crippen LogP contribution in [0.3, 0.4) is 0 Å². The van der Waals surface area contributed by atoms with E-state index in [4.69, 9.17) is 5.73 Å². The van der Waals surface area contributed by atoms with Gasteiger partial charge in [0, 0.05) is 0 Å². The number of hydrogen-bond donors (Lipinski definition) is 2. The Morgan fingerprint density at radius 1 is 1.47 bits per heavy atom. The Balaban J connectivity index is 3.11. The van der Waals surface area contributed by atoms with Crippen molar-refractivity contribution in [2.24, 2.45) is 11.7 Å². The lowest BCUT2D eigenvalue weighted by Crippen LogP contribution is -2.54. The molecule has 0 aliphatic carbocycles. The zero-order valence-electron chi connectivity index (χ0n) is 10.5. The highest BCUT2D eigenvalue weighted by atomic mass is 19.1. The number of halogens is 1. The number of nitrogens with one attached hydrogen (secondary N) is 1. The molecule has 17 heavy (non-hydrogen) atoms. The fourth-order valence-corrected chi connectivity index (χ4v) is 1.96. The summed E-state index contributed by atoms with van der Waals surface area (Å²) in [7, 11) is 0. The maximum atomic E-state index is 13.6. The van der Waals surface area contributed by atoms with Gasteiger partial charge in [0.05, 0.1) is 5.69 Å². The number of anilines is 1. The van der Waals surface area contributed by atoms with Gasteiger partial charge in [-0.2, -0.15) is 0 Å². The Kier molecular flexibility index (Phi) is 4.10. The van der Waals surface area contributed by atoms with Crippen LogP contribution in [0.15, 0.2) is 24.3 Å². The number of hydrogen-bond acceptors (Lipinski definition) is 2. The summed E-state index contributed by atoms with van der Waals surface area (Å²) in [6.45, 7) is 5.64. The molecule has 0 radical (unpaired) electrons. The molecule has 1 amide bonds. The molecule has 0 saturated heterocycles. The Bertz CT molecular complexity index is 406. The van der Waals surface area contributed by atoms with Gasteiger partial charge in [-0.1, -0.05) is 32.9 Å². The van der Waals surface area contributed by atoms with Crippen molar-refractivity contribution in [3.8, 4) is 0 Å². The van der Waals surface area contributed by atoms with Gasteiger partial charge in [-0.3, -0.25) is 4.79 Å². The zero-order valence-corrected chi connectivity index (χ0v) is 10.5. The number of carbonyl (C=O) groups excluding carboxylic acids is 1. The van der Waals surface area contributed by atoms with Crippen molar-refractivity contribution in [1.82, 2.24) is 0 Å². The minimum absolute atomic E-state index is 0.0235. The molecule has 3 N–H and O–H groups in total. The minimum Gasteiger partial charge on any atom is -0.369 e. The highest BCUT2D eigenvalue weighted by molar-refractivity contribution is 5.88. The van der Waals surface area contributed by atoms with Gasteiger partial charge in [0.25, 0.3) is 0 Å². The Morgan fingerprint density at radius 3 is 2.47 bits per heavy atom. The summed E-state index contributed by atoms with van der Waals surface area (Å²) in [6.07, 6.45) is 0.508. The summed E-state index contributed by atoms with van der Waals surface area (Å²) in [5.74, 6) is -0.866. The maximum absolute atomic E-state index is 13.6. The van der Waals surface area contributed by atoms with Gasteiger partial charge in [-0.15, -0.1) is 0 Å². The average Bonchev–Trinajstić information content (AvgIpc) is 2.27. The topological polar surface area (TPSA) is 55.1 Å². The monoisotopic (exact) mass is 238 g/mol. The Hall–Kier alpha value is -1.58. The molecule has 0 aliphatic rings. The molecule has 0 fully saturated rings. The molecule has 1 aromatic carbocycles. The fraction of sp³-hybridized carbons (Fsp3) is 0.462. The lowest BCUT2D eigenvalue weighted by molar-refractivity contribution is -0.123. The third kappa shape index (κ3) is 2.57. The van der Waals surface area contributed by atoms with Gasteiger partial charge in [-0.25, -0.2) is 4.39 Å². The molecule has 0 aliphatic heterocycles. The van der Waals surface area contributed by atoms with Crippen LogP contribution in [0.1, 0.15) is 27.2 Å². The number of carbonyl (C=O) groups is 1. The smallest absolute Gasteiger partial charge is 0.243 e. The van der Waals surface area contributed by atoms with Crippen LogP contribution < -0.4 is 11.1 Å². The predicted molar refractivity (Wildman–Crippen MR) is 67.1 cm³/mol. The molecule has 1 rings (SSSR count). The molecule has 0 aromatic heterocycles. The first-order valence-electron chi connectivity index (χ1n) is 5.76. The van der Waals surface area contributed by atoms with Gasteiger partial charge < -0.3 is 11.1 Å². The van der Waals surface area contributed by atoms with Crippen LogP contribution in [0, 0.1) is 11.7 Å². The normalized spacial score (nSPS) is 14.4. The molecule has 0 bridgehead atoms. The fourth-order valence-electron chi connectivity index (χ4n) is 1.96. The largest absolute Gasteiger partial charge is 0.369 e. The number of rotatable bonds is 5. The second-order valence-electron chi connectivity index (χ2n) is 4.45. The van der Waals surface area contributed by atoms with E-state index in [2.05, 4.69) is 5.32 Å². The molecule has 1 unspecified atom stereocenters. The van der Waals surface area contributed by atoms with Crippen molar-refractivity contribution in [2.45, 2.75) is 32.7 Å². The molecule has 3 nitrogen and oxygen atoms in total. The van der Waals surface area contributed by atoms with E-state index in [1.54, 1.807) is 18.2 Å². The second kappa shape index (κ2) is 5.17. The Labute approximate surface area is 101 Å². The summed E-state index contributed by atoms with van der Waals surface area (Å²) in [5.41, 5.74) is 4.85. The highest BCUT2D eigenvalue weighted by Crippen LogP contribution is 2.27. The zero-order chi connectivity index (χ0) is 13.1. The lowest BCUT2D eigenvalue weighted by Gasteiger charge is -2.35. The average molecular weight is 238 g/mol. The van der Waals surface area contributed by atoms with Crippen LogP contribution in [-0.2, 0) is 4.79 Å². The molecule has 0 spiro atoms. The summed E-state index contributed by atoms with van der Waals surface area (Å²) in [4.78, 5) is 11.6. The molecular weight excluding hydrogens is 219 g/mol. The number of benzene rings is 1. The van der Waals surface area contributed by atoms with Crippen LogP contribution in [0.25, 0.3) is 0 Å². The summed E-state index contributed by atoms with van der Waals surface area (Å²) in [6, 6.07) is 6.27. The van der Waals surface area contributed by atoms with Crippen LogP contribution in [-0.4, -0.2) is 11.4 Å². The van der Waals surface area contributed by atoms with E-state index in [0.29, 0.717) is 12.1 Å². The van der Waals surface area contributed by atoms with Gasteiger partial charge in [-0.05, 0) is 24.5 Å². The van der Waals surface area contributed by atoms with Crippen molar-refractivity contribution in [3.63, 3.8) is 0 Å². The van der Waals surface area contributed by atoms with Crippen LogP contribution >= 0.6 is 0 Å². The van der Waals surface area contributed by atoms with Crippen LogP contribution in [0.5, 0.6) is 0 Å². The van der Waals surface area contributed by atoms with Crippen molar-refractivity contribution >= 4 is 11.6 Å². The van der Waals surface area contributed by atoms with Crippen molar-refractivity contribution in [3.05, 3.63) is 30.1 Å². The van der Waals surface area contributed by atoms with E-state index in [1.165, 1.54) is 6.07 Å². The molecule has 94 valence electrons. The molecule has 0 saturated carbocycles. The van der Waals surface area contributed by atoms with Crippen molar-refractivity contribution < 1.29 is 9.18 Å². The lowest BCUT2D eigenvalue weighted by atomic mass is 9.83. The predicted octanol–water partition coefficient (Wildman–Crippen LogP) is 2.53. The molecule has 1 aromatic rings. The van der Waals surface area contributed by atoms with Crippen molar-refractivity contribution in [1.29, 1.82) is 0 Å². The van der Waals surface area contributed by atoms with E-state index >= 15 is 0 Å². The number of primary amides is 1. The third-order valence-electron chi connectivity index (χ3n) is 3.21. The minimum atomic E-state index is -0.914. The highest BCUT2D eigenvalue weighted by Gasteiger charge is 2.38. The van der Waals surface area contributed by atoms with E-state index in [1.807, 2.05) is 20.8 Å². The number of para-hydroxylation sites is 1. The van der Waals surface area contributed by atoms with Crippen LogP contribution in [0.2, 0.25) is 0 Å². The summed E-state index contributed by atoms with van der Waals surface area (Å²) >= 11 is 0. The molecule has 1 atom stereocenters.